The smallest absolute Gasteiger partial charge is 0.235 e. The molecule has 1 aromatic heterocycles. The second-order valence-corrected chi connectivity index (χ2v) is 5.67. The van der Waals surface area contributed by atoms with Crippen molar-refractivity contribution in [3.8, 4) is 0 Å². The van der Waals surface area contributed by atoms with Gasteiger partial charge in [0.25, 0.3) is 0 Å². The number of ether oxygens (including phenoxy) is 1. The number of halogens is 1. The Morgan fingerprint density at radius 3 is 2.88 bits per heavy atom. The van der Waals surface area contributed by atoms with Gasteiger partial charge in [-0.1, -0.05) is 11.6 Å². The summed E-state index contributed by atoms with van der Waals surface area (Å²) in [5, 5.41) is 0.135. The zero-order chi connectivity index (χ0) is 12.9. The second kappa shape index (κ2) is 6.18. The van der Waals surface area contributed by atoms with E-state index in [0.29, 0.717) is 12.3 Å². The summed E-state index contributed by atoms with van der Waals surface area (Å²) in [5.41, 5.74) is 1.13. The van der Waals surface area contributed by atoms with Crippen LogP contribution in [0.5, 0.6) is 0 Å². The van der Waals surface area contributed by atoms with Crippen LogP contribution in [-0.2, 0) is 14.8 Å². The molecule has 0 amide bonds. The number of nitrogens with one attached hydrogen (secondary N) is 1. The van der Waals surface area contributed by atoms with E-state index in [4.69, 9.17) is 16.3 Å². The predicted molar refractivity (Wildman–Crippen MR) is 67.9 cm³/mol. The molecule has 1 N–H and O–H groups in total. The first-order valence-electron chi connectivity index (χ1n) is 5.15. The molecule has 0 unspecified atom stereocenters. The standard InChI is InChI=1S/C10H15ClN2O3S/c1-3-16-4-5-17(14,15)13-9-6-8(2)7-12-10(9)11/h6-7,13H,3-5H2,1-2H3. The molecular weight excluding hydrogens is 264 g/mol. The Labute approximate surface area is 106 Å². The van der Waals surface area contributed by atoms with E-state index in [2.05, 4.69) is 9.71 Å². The molecule has 17 heavy (non-hydrogen) atoms. The maximum Gasteiger partial charge on any atom is 0.235 e. The van der Waals surface area contributed by atoms with E-state index in [1.165, 1.54) is 0 Å². The van der Waals surface area contributed by atoms with Crippen molar-refractivity contribution in [3.05, 3.63) is 23.0 Å². The molecule has 0 radical (unpaired) electrons. The maximum absolute atomic E-state index is 11.7. The largest absolute Gasteiger partial charge is 0.381 e. The van der Waals surface area contributed by atoms with Crippen LogP contribution < -0.4 is 4.72 Å². The molecule has 96 valence electrons. The molecule has 0 saturated carbocycles. The van der Waals surface area contributed by atoms with Crippen LogP contribution in [-0.4, -0.2) is 32.4 Å². The van der Waals surface area contributed by atoms with Crippen molar-refractivity contribution in [2.24, 2.45) is 0 Å². The molecule has 7 heteroatoms. The molecule has 0 aliphatic rings. The lowest BCUT2D eigenvalue weighted by molar-refractivity contribution is 0.163. The molecular formula is C10H15ClN2O3S. The minimum Gasteiger partial charge on any atom is -0.381 e. The van der Waals surface area contributed by atoms with E-state index < -0.39 is 10.0 Å². The molecule has 1 rings (SSSR count). The summed E-state index contributed by atoms with van der Waals surface area (Å²) in [6.07, 6.45) is 1.57. The van der Waals surface area contributed by atoms with Crippen molar-refractivity contribution in [3.63, 3.8) is 0 Å². The monoisotopic (exact) mass is 278 g/mol. The molecule has 1 aromatic rings. The molecule has 0 aliphatic carbocycles. The highest BCUT2D eigenvalue weighted by Crippen LogP contribution is 2.20. The first-order chi connectivity index (χ1) is 7.94. The van der Waals surface area contributed by atoms with Crippen LogP contribution in [0.3, 0.4) is 0 Å². The van der Waals surface area contributed by atoms with Crippen molar-refractivity contribution < 1.29 is 13.2 Å². The van der Waals surface area contributed by atoms with Crippen molar-refractivity contribution in [2.45, 2.75) is 13.8 Å². The van der Waals surface area contributed by atoms with Gasteiger partial charge in [0.05, 0.1) is 18.0 Å². The number of rotatable bonds is 6. The third kappa shape index (κ3) is 4.89. The van der Waals surface area contributed by atoms with Gasteiger partial charge in [0.2, 0.25) is 10.0 Å². The van der Waals surface area contributed by atoms with Gasteiger partial charge in [-0.2, -0.15) is 0 Å². The number of aryl methyl sites for hydroxylation is 1. The van der Waals surface area contributed by atoms with Crippen LogP contribution in [0.1, 0.15) is 12.5 Å². The van der Waals surface area contributed by atoms with Gasteiger partial charge >= 0.3 is 0 Å². The highest BCUT2D eigenvalue weighted by atomic mass is 35.5. The Hall–Kier alpha value is -0.850. The fourth-order valence-electron chi connectivity index (χ4n) is 1.16. The van der Waals surface area contributed by atoms with Gasteiger partial charge in [-0.25, -0.2) is 13.4 Å². The average Bonchev–Trinajstić information content (AvgIpc) is 2.23. The van der Waals surface area contributed by atoms with Crippen LogP contribution in [0.25, 0.3) is 0 Å². The first kappa shape index (κ1) is 14.2. The SMILES string of the molecule is CCOCCS(=O)(=O)Nc1cc(C)cnc1Cl. The lowest BCUT2D eigenvalue weighted by atomic mass is 10.3. The molecule has 0 fully saturated rings. The number of aromatic nitrogens is 1. The molecule has 0 atom stereocenters. The van der Waals surface area contributed by atoms with Gasteiger partial charge in [-0.3, -0.25) is 4.72 Å². The summed E-state index contributed by atoms with van der Waals surface area (Å²) in [4.78, 5) is 3.87. The van der Waals surface area contributed by atoms with Gasteiger partial charge in [0.1, 0.15) is 0 Å². The topological polar surface area (TPSA) is 68.3 Å². The molecule has 1 heterocycles. The number of hydrogen-bond acceptors (Lipinski definition) is 4. The molecule has 0 saturated heterocycles. The Balaban J connectivity index is 2.72. The maximum atomic E-state index is 11.7. The van der Waals surface area contributed by atoms with E-state index in [1.54, 1.807) is 26.1 Å². The minimum atomic E-state index is -3.45. The van der Waals surface area contributed by atoms with Gasteiger partial charge in [-0.15, -0.1) is 0 Å². The fourth-order valence-corrected chi connectivity index (χ4v) is 2.29. The predicted octanol–water partition coefficient (Wildman–Crippen LogP) is 1.82. The summed E-state index contributed by atoms with van der Waals surface area (Å²) in [5.74, 6) is -0.106. The van der Waals surface area contributed by atoms with E-state index >= 15 is 0 Å². The van der Waals surface area contributed by atoms with Gasteiger partial charge < -0.3 is 4.74 Å². The van der Waals surface area contributed by atoms with Gasteiger partial charge in [-0.05, 0) is 25.5 Å². The van der Waals surface area contributed by atoms with Crippen molar-refractivity contribution in [1.82, 2.24) is 4.98 Å². The van der Waals surface area contributed by atoms with Crippen molar-refractivity contribution in [1.29, 1.82) is 0 Å². The number of hydrogen-bond donors (Lipinski definition) is 1. The number of pyridine rings is 1. The van der Waals surface area contributed by atoms with Crippen molar-refractivity contribution >= 4 is 27.3 Å². The number of sulfonamides is 1. The summed E-state index contributed by atoms with van der Waals surface area (Å²) in [6.45, 7) is 4.26. The third-order valence-electron chi connectivity index (χ3n) is 1.94. The summed E-state index contributed by atoms with van der Waals surface area (Å²) in [6, 6.07) is 1.63. The highest BCUT2D eigenvalue weighted by Gasteiger charge is 2.13. The molecule has 0 aliphatic heterocycles. The molecule has 0 bridgehead atoms. The Morgan fingerprint density at radius 2 is 2.24 bits per heavy atom. The minimum absolute atomic E-state index is 0.106. The first-order valence-corrected chi connectivity index (χ1v) is 7.18. The van der Waals surface area contributed by atoms with E-state index in [9.17, 15) is 8.42 Å². The fraction of sp³-hybridized carbons (Fsp3) is 0.500. The summed E-state index contributed by atoms with van der Waals surface area (Å²) >= 11 is 5.79. The van der Waals surface area contributed by atoms with E-state index in [1.807, 2.05) is 0 Å². The Bertz CT molecular complexity index is 476. The zero-order valence-electron chi connectivity index (χ0n) is 9.73. The lowest BCUT2D eigenvalue weighted by Gasteiger charge is -2.09. The quantitative estimate of drug-likeness (QED) is 0.637. The Kier molecular flexibility index (Phi) is 5.17. The lowest BCUT2D eigenvalue weighted by Crippen LogP contribution is -2.20. The van der Waals surface area contributed by atoms with Crippen molar-refractivity contribution in [2.75, 3.05) is 23.7 Å². The normalized spacial score (nSPS) is 11.5. The summed E-state index contributed by atoms with van der Waals surface area (Å²) < 4.78 is 30.7. The van der Waals surface area contributed by atoms with Crippen LogP contribution >= 0.6 is 11.6 Å². The molecule has 0 aromatic carbocycles. The molecule has 0 spiro atoms. The van der Waals surface area contributed by atoms with Crippen LogP contribution in [0.4, 0.5) is 5.69 Å². The second-order valence-electron chi connectivity index (χ2n) is 3.47. The van der Waals surface area contributed by atoms with Crippen LogP contribution in [0, 0.1) is 6.92 Å². The van der Waals surface area contributed by atoms with Gasteiger partial charge in [0, 0.05) is 12.8 Å². The van der Waals surface area contributed by atoms with Crippen LogP contribution in [0.2, 0.25) is 5.15 Å². The van der Waals surface area contributed by atoms with E-state index in [0.717, 1.165) is 5.56 Å². The molecule has 5 nitrogen and oxygen atoms in total. The van der Waals surface area contributed by atoms with Crippen LogP contribution in [0.15, 0.2) is 12.3 Å². The average molecular weight is 279 g/mol. The number of nitrogens with zero attached hydrogens (tertiary/aromatic N) is 1. The van der Waals surface area contributed by atoms with Gasteiger partial charge in [0.15, 0.2) is 5.15 Å². The zero-order valence-corrected chi connectivity index (χ0v) is 11.3. The Morgan fingerprint density at radius 1 is 1.53 bits per heavy atom. The highest BCUT2D eigenvalue weighted by molar-refractivity contribution is 7.92. The number of anilines is 1. The van der Waals surface area contributed by atoms with E-state index in [-0.39, 0.29) is 17.5 Å². The third-order valence-corrected chi connectivity index (χ3v) is 3.48. The summed E-state index contributed by atoms with van der Waals surface area (Å²) in [7, 11) is -3.45.